The second-order valence-corrected chi connectivity index (χ2v) is 13.4. The lowest BCUT2D eigenvalue weighted by Gasteiger charge is -2.42. The second kappa shape index (κ2) is 11.3. The van der Waals surface area contributed by atoms with E-state index in [4.69, 9.17) is 9.05 Å². The molecule has 2 aliphatic rings. The lowest BCUT2D eigenvalue weighted by Crippen LogP contribution is -2.37. The third-order valence-corrected chi connectivity index (χ3v) is 9.98. The third kappa shape index (κ3) is 6.69. The summed E-state index contributed by atoms with van der Waals surface area (Å²) in [6, 6.07) is 5.52. The Morgan fingerprint density at radius 2 is 1.27 bits per heavy atom. The summed E-state index contributed by atoms with van der Waals surface area (Å²) in [7, 11) is -3.96. The van der Waals surface area contributed by atoms with Crippen LogP contribution in [0.1, 0.15) is 91.5 Å². The Kier molecular flexibility index (Phi) is 9.22. The minimum absolute atomic E-state index is 0.229. The van der Waals surface area contributed by atoms with Gasteiger partial charge in [-0.2, -0.15) is 0 Å². The molecule has 33 heavy (non-hydrogen) atoms. The molecule has 6 heteroatoms. The van der Waals surface area contributed by atoms with Gasteiger partial charge in [0.1, 0.15) is 5.82 Å². The van der Waals surface area contributed by atoms with E-state index in [0.29, 0.717) is 29.2 Å². The van der Waals surface area contributed by atoms with Gasteiger partial charge in [0.15, 0.2) is 5.85 Å². The smallest absolute Gasteiger partial charge is 0.363 e. The lowest BCUT2D eigenvalue weighted by molar-refractivity contribution is -0.0154. The molecule has 2 fully saturated rings. The van der Waals surface area contributed by atoms with Crippen LogP contribution in [0.4, 0.5) is 4.39 Å². The van der Waals surface area contributed by atoms with Crippen molar-refractivity contribution in [3.8, 4) is 0 Å². The maximum atomic E-state index is 14.5. The number of hydrogen-bond donors (Lipinski definition) is 1. The van der Waals surface area contributed by atoms with Gasteiger partial charge >= 0.3 is 7.60 Å². The standard InChI is InChI=1S/C27H44FO4P/c1-17(2)23-13-7-19(5)15-25(23)31-33(30,27(29)21-9-11-22(28)12-10-21)32-26-16-20(6)8-14-24(26)18(3)4/h9-12,17-20,23-27,29H,7-8,13-16H2,1-6H3. The summed E-state index contributed by atoms with van der Waals surface area (Å²) in [5.74, 6) is 0.417. The van der Waals surface area contributed by atoms with E-state index < -0.39 is 19.3 Å². The van der Waals surface area contributed by atoms with Crippen molar-refractivity contribution < 1.29 is 23.1 Å². The predicted octanol–water partition coefficient (Wildman–Crippen LogP) is 7.96. The van der Waals surface area contributed by atoms with Crippen molar-refractivity contribution in [1.29, 1.82) is 0 Å². The first-order valence-corrected chi connectivity index (χ1v) is 14.5. The van der Waals surface area contributed by atoms with Crippen molar-refractivity contribution in [1.82, 2.24) is 0 Å². The van der Waals surface area contributed by atoms with E-state index in [0.717, 1.165) is 38.5 Å². The van der Waals surface area contributed by atoms with E-state index in [1.54, 1.807) is 0 Å². The van der Waals surface area contributed by atoms with E-state index in [2.05, 4.69) is 41.5 Å². The molecule has 0 aliphatic heterocycles. The van der Waals surface area contributed by atoms with Gasteiger partial charge in [0, 0.05) is 0 Å². The highest BCUT2D eigenvalue weighted by Crippen LogP contribution is 2.64. The van der Waals surface area contributed by atoms with E-state index in [1.807, 2.05) is 0 Å². The van der Waals surface area contributed by atoms with Gasteiger partial charge in [-0.25, -0.2) is 4.39 Å². The minimum atomic E-state index is -3.96. The van der Waals surface area contributed by atoms with Crippen LogP contribution in [-0.4, -0.2) is 17.3 Å². The first kappa shape index (κ1) is 26.9. The fourth-order valence-corrected chi connectivity index (χ4v) is 7.86. The molecule has 0 amide bonds. The number of rotatable bonds is 8. The van der Waals surface area contributed by atoms with Crippen LogP contribution >= 0.6 is 7.60 Å². The van der Waals surface area contributed by atoms with Crippen LogP contribution < -0.4 is 0 Å². The zero-order valence-electron chi connectivity index (χ0n) is 21.2. The Labute approximate surface area is 200 Å². The summed E-state index contributed by atoms with van der Waals surface area (Å²) in [5.41, 5.74) is 0.370. The summed E-state index contributed by atoms with van der Waals surface area (Å²) in [4.78, 5) is 0. The van der Waals surface area contributed by atoms with Crippen LogP contribution in [0.3, 0.4) is 0 Å². The van der Waals surface area contributed by atoms with Gasteiger partial charge in [-0.1, -0.05) is 66.5 Å². The van der Waals surface area contributed by atoms with Crippen LogP contribution in [0.15, 0.2) is 24.3 Å². The number of aliphatic hydroxyl groups excluding tert-OH is 1. The molecule has 2 saturated carbocycles. The Balaban J connectivity index is 1.94. The van der Waals surface area contributed by atoms with Crippen molar-refractivity contribution in [2.45, 2.75) is 98.1 Å². The first-order chi connectivity index (χ1) is 15.5. The molecule has 7 atom stereocenters. The molecular formula is C27H44FO4P. The van der Waals surface area contributed by atoms with Gasteiger partial charge in [0.25, 0.3) is 0 Å². The number of halogens is 1. The molecule has 1 aromatic rings. The lowest BCUT2D eigenvalue weighted by atomic mass is 9.75. The van der Waals surface area contributed by atoms with E-state index in [9.17, 15) is 14.1 Å². The molecular weight excluding hydrogens is 438 g/mol. The number of benzene rings is 1. The summed E-state index contributed by atoms with van der Waals surface area (Å²) >= 11 is 0. The predicted molar refractivity (Wildman–Crippen MR) is 131 cm³/mol. The van der Waals surface area contributed by atoms with E-state index >= 15 is 0 Å². The largest absolute Gasteiger partial charge is 0.376 e. The second-order valence-electron chi connectivity index (χ2n) is 11.4. The van der Waals surface area contributed by atoms with Crippen molar-refractivity contribution in [2.24, 2.45) is 35.5 Å². The monoisotopic (exact) mass is 482 g/mol. The number of hydrogen-bond acceptors (Lipinski definition) is 4. The molecule has 1 N–H and O–H groups in total. The SMILES string of the molecule is CC1CCC(C(C)C)C(OP(=O)(OC2CC(C)CCC2C(C)C)C(O)c2ccc(F)cc2)C1. The highest BCUT2D eigenvalue weighted by molar-refractivity contribution is 7.54. The molecule has 0 aromatic heterocycles. The van der Waals surface area contributed by atoms with Gasteiger partial charge < -0.3 is 14.2 Å². The molecule has 0 bridgehead atoms. The highest BCUT2D eigenvalue weighted by Gasteiger charge is 2.46. The third-order valence-electron chi connectivity index (χ3n) is 7.95. The first-order valence-electron chi connectivity index (χ1n) is 12.9. The Morgan fingerprint density at radius 1 is 0.848 bits per heavy atom. The fourth-order valence-electron chi connectivity index (χ4n) is 5.81. The van der Waals surface area contributed by atoms with Gasteiger partial charge in [0.2, 0.25) is 0 Å². The van der Waals surface area contributed by atoms with Crippen LogP contribution in [0.5, 0.6) is 0 Å². The summed E-state index contributed by atoms with van der Waals surface area (Å²) in [5, 5.41) is 11.3. The van der Waals surface area contributed by atoms with Crippen LogP contribution in [0, 0.1) is 41.3 Å². The van der Waals surface area contributed by atoms with Crippen molar-refractivity contribution in [3.05, 3.63) is 35.6 Å². The molecule has 0 heterocycles. The molecule has 4 nitrogen and oxygen atoms in total. The summed E-state index contributed by atoms with van der Waals surface area (Å²) in [6.45, 7) is 13.1. The van der Waals surface area contributed by atoms with E-state index in [-0.39, 0.29) is 24.0 Å². The zero-order chi connectivity index (χ0) is 24.3. The number of aliphatic hydroxyl groups is 1. The van der Waals surface area contributed by atoms with Crippen LogP contribution in [0.25, 0.3) is 0 Å². The van der Waals surface area contributed by atoms with Crippen molar-refractivity contribution in [3.63, 3.8) is 0 Å². The summed E-state index contributed by atoms with van der Waals surface area (Å²) < 4.78 is 40.9. The van der Waals surface area contributed by atoms with Gasteiger partial charge in [-0.15, -0.1) is 0 Å². The van der Waals surface area contributed by atoms with Crippen molar-refractivity contribution in [2.75, 3.05) is 0 Å². The zero-order valence-corrected chi connectivity index (χ0v) is 22.1. The Morgan fingerprint density at radius 3 is 1.67 bits per heavy atom. The minimum Gasteiger partial charge on any atom is -0.376 e. The Hall–Kier alpha value is -0.740. The van der Waals surface area contributed by atoms with Crippen molar-refractivity contribution >= 4 is 7.60 Å². The molecule has 0 spiro atoms. The molecule has 0 saturated heterocycles. The molecule has 188 valence electrons. The average molecular weight is 483 g/mol. The highest BCUT2D eigenvalue weighted by atomic mass is 31.2. The van der Waals surface area contributed by atoms with Crippen LogP contribution in [0.2, 0.25) is 0 Å². The fraction of sp³-hybridized carbons (Fsp3) is 0.778. The molecule has 1 aromatic carbocycles. The molecule has 3 rings (SSSR count). The molecule has 7 unspecified atom stereocenters. The normalized spacial score (nSPS) is 33.8. The maximum absolute atomic E-state index is 14.5. The van der Waals surface area contributed by atoms with E-state index in [1.165, 1.54) is 24.3 Å². The quantitative estimate of drug-likeness (QED) is 0.382. The van der Waals surface area contributed by atoms with Gasteiger partial charge in [-0.05, 0) is 78.9 Å². The maximum Gasteiger partial charge on any atom is 0.363 e. The Bertz CT molecular complexity index is 758. The summed E-state index contributed by atoms with van der Waals surface area (Å²) in [6.07, 6.45) is 5.45. The average Bonchev–Trinajstić information content (AvgIpc) is 2.73. The van der Waals surface area contributed by atoms with Gasteiger partial charge in [0.05, 0.1) is 12.2 Å². The molecule has 2 aliphatic carbocycles. The van der Waals surface area contributed by atoms with Gasteiger partial charge in [-0.3, -0.25) is 4.57 Å². The molecule has 0 radical (unpaired) electrons. The van der Waals surface area contributed by atoms with Crippen LogP contribution in [-0.2, 0) is 13.6 Å². The topological polar surface area (TPSA) is 55.8 Å².